The van der Waals surface area contributed by atoms with E-state index in [0.29, 0.717) is 26.1 Å². The van der Waals surface area contributed by atoms with Crippen molar-refractivity contribution >= 4 is 15.9 Å². The monoisotopic (exact) mass is 389 g/mol. The van der Waals surface area contributed by atoms with E-state index in [4.69, 9.17) is 4.74 Å². The average molecular weight is 389 g/mol. The minimum Gasteiger partial charge on any atom is -0.379 e. The highest BCUT2D eigenvalue weighted by atomic mass is 32.2. The third-order valence-corrected chi connectivity index (χ3v) is 6.98. The number of hydrogen-bond acceptors (Lipinski definition) is 5. The van der Waals surface area contributed by atoms with Crippen molar-refractivity contribution in [2.24, 2.45) is 0 Å². The van der Waals surface area contributed by atoms with Crippen molar-refractivity contribution in [3.8, 4) is 0 Å². The maximum atomic E-state index is 14.5. The summed E-state index contributed by atoms with van der Waals surface area (Å²) in [6.07, 6.45) is 1.90. The van der Waals surface area contributed by atoms with Crippen LogP contribution < -0.4 is 0 Å². The van der Waals surface area contributed by atoms with Gasteiger partial charge in [-0.3, -0.25) is 9.78 Å². The van der Waals surface area contributed by atoms with Crippen LogP contribution in [0.4, 0.5) is 8.78 Å². The lowest BCUT2D eigenvalue weighted by molar-refractivity contribution is -0.160. The fraction of sp³-hybridized carbons (Fsp3) is 0.625. The molecule has 3 rings (SSSR count). The van der Waals surface area contributed by atoms with Crippen LogP contribution in [0.1, 0.15) is 18.5 Å². The van der Waals surface area contributed by atoms with E-state index in [1.807, 2.05) is 0 Å². The third-order valence-electron chi connectivity index (χ3n) is 4.67. The minimum atomic E-state index is -3.79. The van der Waals surface area contributed by atoms with Gasteiger partial charge in [0.1, 0.15) is 5.69 Å². The van der Waals surface area contributed by atoms with E-state index in [9.17, 15) is 22.0 Å². The van der Waals surface area contributed by atoms with Gasteiger partial charge in [0.2, 0.25) is 10.0 Å². The Bertz CT molecular complexity index is 739. The van der Waals surface area contributed by atoms with Crippen molar-refractivity contribution in [1.82, 2.24) is 14.2 Å². The molecule has 2 fully saturated rings. The van der Waals surface area contributed by atoms with Gasteiger partial charge in [-0.05, 0) is 25.0 Å². The molecule has 0 aliphatic carbocycles. The first-order valence-electron chi connectivity index (χ1n) is 8.49. The molecular weight excluding hydrogens is 368 g/mol. The number of pyridine rings is 1. The van der Waals surface area contributed by atoms with Crippen LogP contribution >= 0.6 is 0 Å². The molecule has 1 atom stereocenters. The van der Waals surface area contributed by atoms with Gasteiger partial charge in [-0.2, -0.15) is 13.1 Å². The van der Waals surface area contributed by atoms with Crippen molar-refractivity contribution in [2.45, 2.75) is 24.0 Å². The summed E-state index contributed by atoms with van der Waals surface area (Å²) in [5.41, 5.74) is -0.636. The Hall–Kier alpha value is -1.65. The molecule has 2 saturated heterocycles. The van der Waals surface area contributed by atoms with Gasteiger partial charge in [0.15, 0.2) is 0 Å². The van der Waals surface area contributed by atoms with E-state index in [1.165, 1.54) is 22.6 Å². The predicted octanol–water partition coefficient (Wildman–Crippen LogP) is 0.826. The van der Waals surface area contributed by atoms with E-state index in [1.54, 1.807) is 0 Å². The Morgan fingerprint density at radius 3 is 2.62 bits per heavy atom. The molecule has 1 aromatic heterocycles. The lowest BCUT2D eigenvalue weighted by atomic mass is 10.1. The zero-order valence-electron chi connectivity index (χ0n) is 14.2. The van der Waals surface area contributed by atoms with Crippen molar-refractivity contribution < 1.29 is 26.7 Å². The Morgan fingerprint density at radius 1 is 1.23 bits per heavy atom. The third kappa shape index (κ3) is 3.72. The van der Waals surface area contributed by atoms with E-state index in [2.05, 4.69) is 4.98 Å². The number of amides is 1. The smallest absolute Gasteiger partial charge is 0.366 e. The summed E-state index contributed by atoms with van der Waals surface area (Å²) in [6, 6.07) is 3.95. The molecule has 0 spiro atoms. The molecule has 144 valence electrons. The first-order valence-corrected chi connectivity index (χ1v) is 9.99. The number of nitrogens with zero attached hydrogens (tertiary/aromatic N) is 3. The fourth-order valence-electron chi connectivity index (χ4n) is 3.23. The SMILES string of the molecule is O=C(N1CCCC(S(=O)(=O)N2CCOCC2)C1)C(F)(F)c1ccccn1. The molecule has 2 aliphatic heterocycles. The number of carbonyl (C=O) groups is 1. The summed E-state index contributed by atoms with van der Waals surface area (Å²) in [6.45, 7) is 0.990. The lowest BCUT2D eigenvalue weighted by Gasteiger charge is -2.37. The second kappa shape index (κ2) is 7.53. The summed E-state index contributed by atoms with van der Waals surface area (Å²) in [4.78, 5) is 16.9. The Balaban J connectivity index is 1.74. The molecule has 2 aliphatic rings. The Labute approximate surface area is 151 Å². The number of alkyl halides is 2. The quantitative estimate of drug-likeness (QED) is 0.762. The summed E-state index contributed by atoms with van der Waals surface area (Å²) in [5, 5.41) is -0.877. The van der Waals surface area contributed by atoms with Crippen LogP contribution in [-0.2, 0) is 25.5 Å². The molecule has 0 N–H and O–H groups in total. The van der Waals surface area contributed by atoms with Crippen LogP contribution in [-0.4, -0.2) is 73.2 Å². The molecule has 0 radical (unpaired) electrons. The zero-order valence-corrected chi connectivity index (χ0v) is 15.0. The summed E-state index contributed by atoms with van der Waals surface area (Å²) in [5.74, 6) is -5.19. The molecule has 10 heteroatoms. The van der Waals surface area contributed by atoms with Gasteiger partial charge in [0.05, 0.1) is 18.5 Å². The van der Waals surface area contributed by atoms with E-state index in [-0.39, 0.29) is 26.2 Å². The number of likely N-dealkylation sites (tertiary alicyclic amines) is 1. The van der Waals surface area contributed by atoms with Crippen LogP contribution in [0, 0.1) is 0 Å². The fourth-order valence-corrected chi connectivity index (χ4v) is 5.15. The van der Waals surface area contributed by atoms with Crippen LogP contribution in [0.5, 0.6) is 0 Å². The van der Waals surface area contributed by atoms with Crippen LogP contribution in [0.15, 0.2) is 24.4 Å². The number of carbonyl (C=O) groups excluding carboxylic acids is 1. The largest absolute Gasteiger partial charge is 0.379 e. The number of halogens is 2. The first kappa shape index (κ1) is 19.1. The van der Waals surface area contributed by atoms with Crippen molar-refractivity contribution in [3.63, 3.8) is 0 Å². The minimum absolute atomic E-state index is 0.108. The molecule has 7 nitrogen and oxygen atoms in total. The second-order valence-electron chi connectivity index (χ2n) is 6.36. The number of sulfonamides is 1. The molecule has 0 saturated carbocycles. The van der Waals surface area contributed by atoms with Crippen molar-refractivity contribution in [1.29, 1.82) is 0 Å². The second-order valence-corrected chi connectivity index (χ2v) is 8.57. The standard InChI is InChI=1S/C16H21F2N3O4S/c17-16(18,14-5-1-2-6-19-14)15(22)20-7-3-4-13(12-20)26(23,24)21-8-10-25-11-9-21/h1-2,5-6,13H,3-4,7-12H2. The van der Waals surface area contributed by atoms with Gasteiger partial charge >= 0.3 is 5.92 Å². The molecule has 3 heterocycles. The zero-order chi connectivity index (χ0) is 18.8. The Morgan fingerprint density at radius 2 is 1.96 bits per heavy atom. The predicted molar refractivity (Wildman–Crippen MR) is 89.0 cm³/mol. The molecular formula is C16H21F2N3O4S. The topological polar surface area (TPSA) is 79.8 Å². The highest BCUT2D eigenvalue weighted by Gasteiger charge is 2.47. The number of aromatic nitrogens is 1. The lowest BCUT2D eigenvalue weighted by Crippen LogP contribution is -2.54. The molecule has 26 heavy (non-hydrogen) atoms. The van der Waals surface area contributed by atoms with Gasteiger partial charge in [0, 0.05) is 32.4 Å². The van der Waals surface area contributed by atoms with Gasteiger partial charge in [-0.25, -0.2) is 8.42 Å². The van der Waals surface area contributed by atoms with Crippen molar-refractivity contribution in [2.75, 3.05) is 39.4 Å². The van der Waals surface area contributed by atoms with E-state index in [0.717, 1.165) is 11.0 Å². The molecule has 1 aromatic rings. The number of ether oxygens (including phenoxy) is 1. The van der Waals surface area contributed by atoms with Gasteiger partial charge in [-0.1, -0.05) is 6.07 Å². The molecule has 1 unspecified atom stereocenters. The average Bonchev–Trinajstić information content (AvgIpc) is 2.69. The number of hydrogen-bond donors (Lipinski definition) is 0. The number of piperidine rings is 1. The highest BCUT2D eigenvalue weighted by molar-refractivity contribution is 7.89. The maximum Gasteiger partial charge on any atom is 0.366 e. The van der Waals surface area contributed by atoms with E-state index < -0.39 is 32.8 Å². The van der Waals surface area contributed by atoms with Crippen LogP contribution in [0.2, 0.25) is 0 Å². The number of morpholine rings is 1. The van der Waals surface area contributed by atoms with Gasteiger partial charge in [0.25, 0.3) is 5.91 Å². The van der Waals surface area contributed by atoms with E-state index >= 15 is 0 Å². The molecule has 1 amide bonds. The molecule has 0 bridgehead atoms. The Kier molecular flexibility index (Phi) is 5.54. The first-order chi connectivity index (χ1) is 12.3. The molecule has 0 aromatic carbocycles. The van der Waals surface area contributed by atoms with Crippen LogP contribution in [0.3, 0.4) is 0 Å². The highest BCUT2D eigenvalue weighted by Crippen LogP contribution is 2.31. The van der Waals surface area contributed by atoms with Gasteiger partial charge in [-0.15, -0.1) is 0 Å². The number of rotatable bonds is 4. The van der Waals surface area contributed by atoms with Gasteiger partial charge < -0.3 is 9.64 Å². The summed E-state index contributed by atoms with van der Waals surface area (Å²) in [7, 11) is -3.66. The van der Waals surface area contributed by atoms with Crippen molar-refractivity contribution in [3.05, 3.63) is 30.1 Å². The summed E-state index contributed by atoms with van der Waals surface area (Å²) >= 11 is 0. The summed E-state index contributed by atoms with van der Waals surface area (Å²) < 4.78 is 61.0. The van der Waals surface area contributed by atoms with Crippen LogP contribution in [0.25, 0.3) is 0 Å². The normalized spacial score (nSPS) is 23.0. The maximum absolute atomic E-state index is 14.5.